The van der Waals surface area contributed by atoms with Crippen molar-refractivity contribution >= 4 is 0 Å². The van der Waals surface area contributed by atoms with Gasteiger partial charge in [-0.1, -0.05) is 70.7 Å². The molecule has 1 atom stereocenters. The standard InChI is InChI=1S/C17H29N/c1-4-7-8-9-13-17(18-6-3)16-12-10-11-15(5-2)14-16/h10-12,14,17-18H,4-9,13H2,1-3H3. The van der Waals surface area contributed by atoms with Crippen molar-refractivity contribution in [2.45, 2.75) is 65.3 Å². The van der Waals surface area contributed by atoms with Crippen LogP contribution < -0.4 is 5.32 Å². The highest BCUT2D eigenvalue weighted by Gasteiger charge is 2.09. The third kappa shape index (κ3) is 5.22. The van der Waals surface area contributed by atoms with E-state index in [1.54, 1.807) is 0 Å². The van der Waals surface area contributed by atoms with Crippen LogP contribution in [-0.4, -0.2) is 6.54 Å². The van der Waals surface area contributed by atoms with E-state index in [9.17, 15) is 0 Å². The molecule has 0 aliphatic rings. The lowest BCUT2D eigenvalue weighted by molar-refractivity contribution is 0.481. The summed E-state index contributed by atoms with van der Waals surface area (Å²) in [6.45, 7) is 7.74. The van der Waals surface area contributed by atoms with Crippen LogP contribution in [0.5, 0.6) is 0 Å². The summed E-state index contributed by atoms with van der Waals surface area (Å²) >= 11 is 0. The van der Waals surface area contributed by atoms with Gasteiger partial charge in [-0.2, -0.15) is 0 Å². The van der Waals surface area contributed by atoms with E-state index in [-0.39, 0.29) is 0 Å². The smallest absolute Gasteiger partial charge is 0.0320 e. The van der Waals surface area contributed by atoms with Crippen molar-refractivity contribution in [1.29, 1.82) is 0 Å². The Balaban J connectivity index is 2.58. The second-order valence-electron chi connectivity index (χ2n) is 5.06. The molecule has 0 spiro atoms. The number of nitrogens with one attached hydrogen (secondary N) is 1. The summed E-state index contributed by atoms with van der Waals surface area (Å²) in [5, 5.41) is 3.63. The molecule has 102 valence electrons. The van der Waals surface area contributed by atoms with Gasteiger partial charge in [0.05, 0.1) is 0 Å². The summed E-state index contributed by atoms with van der Waals surface area (Å²) in [4.78, 5) is 0. The molecular weight excluding hydrogens is 218 g/mol. The van der Waals surface area contributed by atoms with E-state index < -0.39 is 0 Å². The van der Waals surface area contributed by atoms with Crippen LogP contribution >= 0.6 is 0 Å². The Kier molecular flexibility index (Phi) is 7.75. The van der Waals surface area contributed by atoms with Crippen molar-refractivity contribution in [2.24, 2.45) is 0 Å². The maximum Gasteiger partial charge on any atom is 0.0320 e. The van der Waals surface area contributed by atoms with Gasteiger partial charge in [0.15, 0.2) is 0 Å². The molecule has 18 heavy (non-hydrogen) atoms. The van der Waals surface area contributed by atoms with Gasteiger partial charge in [0.2, 0.25) is 0 Å². The van der Waals surface area contributed by atoms with Gasteiger partial charge < -0.3 is 5.32 Å². The lowest BCUT2D eigenvalue weighted by atomic mass is 9.97. The highest BCUT2D eigenvalue weighted by atomic mass is 14.9. The predicted octanol–water partition coefficient (Wildman–Crippen LogP) is 4.87. The highest BCUT2D eigenvalue weighted by molar-refractivity contribution is 5.26. The van der Waals surface area contributed by atoms with E-state index in [0.29, 0.717) is 6.04 Å². The minimum atomic E-state index is 0.540. The van der Waals surface area contributed by atoms with E-state index in [0.717, 1.165) is 13.0 Å². The molecule has 1 rings (SSSR count). The van der Waals surface area contributed by atoms with Crippen LogP contribution in [0.1, 0.15) is 70.0 Å². The van der Waals surface area contributed by atoms with Gasteiger partial charge in [-0.25, -0.2) is 0 Å². The number of benzene rings is 1. The monoisotopic (exact) mass is 247 g/mol. The molecule has 0 heterocycles. The zero-order chi connectivity index (χ0) is 13.2. The van der Waals surface area contributed by atoms with Crippen molar-refractivity contribution < 1.29 is 0 Å². The first-order chi connectivity index (χ1) is 8.81. The first kappa shape index (κ1) is 15.2. The number of hydrogen-bond acceptors (Lipinski definition) is 1. The van der Waals surface area contributed by atoms with Gasteiger partial charge in [-0.3, -0.25) is 0 Å². The second kappa shape index (κ2) is 9.16. The maximum atomic E-state index is 3.63. The molecule has 1 unspecified atom stereocenters. The van der Waals surface area contributed by atoms with Gasteiger partial charge in [0.25, 0.3) is 0 Å². The zero-order valence-corrected chi connectivity index (χ0v) is 12.3. The third-order valence-corrected chi connectivity index (χ3v) is 3.56. The summed E-state index contributed by atoms with van der Waals surface area (Å²) in [5.41, 5.74) is 2.91. The van der Waals surface area contributed by atoms with Gasteiger partial charge in [0, 0.05) is 6.04 Å². The normalized spacial score (nSPS) is 12.6. The van der Waals surface area contributed by atoms with Crippen molar-refractivity contribution in [3.05, 3.63) is 35.4 Å². The zero-order valence-electron chi connectivity index (χ0n) is 12.3. The molecule has 0 aromatic heterocycles. The fourth-order valence-corrected chi connectivity index (χ4v) is 2.44. The van der Waals surface area contributed by atoms with E-state index in [1.165, 1.54) is 43.2 Å². The Morgan fingerprint density at radius 1 is 1.06 bits per heavy atom. The molecule has 0 amide bonds. The number of rotatable bonds is 9. The molecule has 0 saturated heterocycles. The molecule has 1 nitrogen and oxygen atoms in total. The van der Waals surface area contributed by atoms with Crippen LogP contribution in [0.4, 0.5) is 0 Å². The summed E-state index contributed by atoms with van der Waals surface area (Å²) in [6.07, 6.45) is 7.78. The molecule has 1 aromatic carbocycles. The summed E-state index contributed by atoms with van der Waals surface area (Å²) < 4.78 is 0. The SMILES string of the molecule is CCCCCCC(NCC)c1cccc(CC)c1. The molecule has 0 bridgehead atoms. The molecule has 0 saturated carbocycles. The Labute approximate surface area is 113 Å². The Bertz CT molecular complexity index is 319. The molecule has 1 heteroatoms. The predicted molar refractivity (Wildman–Crippen MR) is 81.0 cm³/mol. The van der Waals surface area contributed by atoms with Crippen molar-refractivity contribution in [3.63, 3.8) is 0 Å². The summed E-state index contributed by atoms with van der Waals surface area (Å²) in [5.74, 6) is 0. The first-order valence-electron chi connectivity index (χ1n) is 7.64. The van der Waals surface area contributed by atoms with Crippen molar-refractivity contribution in [1.82, 2.24) is 5.32 Å². The molecule has 0 radical (unpaired) electrons. The van der Waals surface area contributed by atoms with E-state index in [4.69, 9.17) is 0 Å². The quantitative estimate of drug-likeness (QED) is 0.614. The van der Waals surface area contributed by atoms with Gasteiger partial charge in [-0.05, 0) is 30.5 Å². The Morgan fingerprint density at radius 2 is 1.89 bits per heavy atom. The molecule has 1 N–H and O–H groups in total. The van der Waals surface area contributed by atoms with Gasteiger partial charge in [-0.15, -0.1) is 0 Å². The van der Waals surface area contributed by atoms with Gasteiger partial charge in [0.1, 0.15) is 0 Å². The average Bonchev–Trinajstić information content (AvgIpc) is 2.42. The van der Waals surface area contributed by atoms with Crippen LogP contribution in [0.2, 0.25) is 0 Å². The van der Waals surface area contributed by atoms with Crippen LogP contribution in [-0.2, 0) is 6.42 Å². The molecule has 1 aromatic rings. The minimum Gasteiger partial charge on any atom is -0.310 e. The molecular formula is C17H29N. The van der Waals surface area contributed by atoms with E-state index in [1.807, 2.05) is 0 Å². The van der Waals surface area contributed by atoms with E-state index in [2.05, 4.69) is 50.4 Å². The first-order valence-corrected chi connectivity index (χ1v) is 7.64. The lowest BCUT2D eigenvalue weighted by Crippen LogP contribution is -2.21. The van der Waals surface area contributed by atoms with Crippen molar-refractivity contribution in [2.75, 3.05) is 6.54 Å². The Morgan fingerprint density at radius 3 is 2.56 bits per heavy atom. The fourth-order valence-electron chi connectivity index (χ4n) is 2.44. The van der Waals surface area contributed by atoms with Crippen LogP contribution in [0.15, 0.2) is 24.3 Å². The largest absolute Gasteiger partial charge is 0.310 e. The molecule has 0 fully saturated rings. The van der Waals surface area contributed by atoms with Crippen LogP contribution in [0, 0.1) is 0 Å². The fraction of sp³-hybridized carbons (Fsp3) is 0.647. The number of aryl methyl sites for hydroxylation is 1. The van der Waals surface area contributed by atoms with E-state index >= 15 is 0 Å². The Hall–Kier alpha value is -0.820. The van der Waals surface area contributed by atoms with Gasteiger partial charge >= 0.3 is 0 Å². The summed E-state index contributed by atoms with van der Waals surface area (Å²) in [6, 6.07) is 9.60. The molecule has 0 aliphatic heterocycles. The second-order valence-corrected chi connectivity index (χ2v) is 5.06. The topological polar surface area (TPSA) is 12.0 Å². The lowest BCUT2D eigenvalue weighted by Gasteiger charge is -2.19. The average molecular weight is 247 g/mol. The van der Waals surface area contributed by atoms with Crippen LogP contribution in [0.3, 0.4) is 0 Å². The minimum absolute atomic E-state index is 0.540. The third-order valence-electron chi connectivity index (χ3n) is 3.56. The number of hydrogen-bond donors (Lipinski definition) is 1. The summed E-state index contributed by atoms with van der Waals surface area (Å²) in [7, 11) is 0. The number of unbranched alkanes of at least 4 members (excludes halogenated alkanes) is 3. The van der Waals surface area contributed by atoms with Crippen LogP contribution in [0.25, 0.3) is 0 Å². The highest BCUT2D eigenvalue weighted by Crippen LogP contribution is 2.21. The maximum absolute atomic E-state index is 3.63. The van der Waals surface area contributed by atoms with Crippen molar-refractivity contribution in [3.8, 4) is 0 Å². The molecule has 0 aliphatic carbocycles.